The minimum absolute atomic E-state index is 0.0926. The normalized spacial score (nSPS) is 13.9. The third-order valence-corrected chi connectivity index (χ3v) is 5.90. The van der Waals surface area contributed by atoms with Crippen molar-refractivity contribution in [3.05, 3.63) is 40.2 Å². The van der Waals surface area contributed by atoms with E-state index in [9.17, 15) is 13.2 Å². The lowest BCUT2D eigenvalue weighted by Gasteiger charge is -2.07. The topological polar surface area (TPSA) is 75.3 Å². The van der Waals surface area contributed by atoms with E-state index in [0.717, 1.165) is 22.6 Å². The number of hydrogen-bond donors (Lipinski definition) is 2. The molecule has 0 saturated heterocycles. The Labute approximate surface area is 124 Å². The first kappa shape index (κ1) is 13.4. The molecule has 3 rings (SSSR count). The van der Waals surface area contributed by atoms with Crippen molar-refractivity contribution < 1.29 is 13.2 Å². The van der Waals surface area contributed by atoms with Gasteiger partial charge in [0.25, 0.3) is 10.0 Å². The molecule has 1 aromatic heterocycles. The van der Waals surface area contributed by atoms with Gasteiger partial charge in [-0.1, -0.05) is 11.6 Å². The molecule has 0 bridgehead atoms. The highest BCUT2D eigenvalue weighted by Gasteiger charge is 2.20. The van der Waals surface area contributed by atoms with E-state index in [1.165, 1.54) is 12.1 Å². The lowest BCUT2D eigenvalue weighted by molar-refractivity contribution is -0.115. The number of sulfonamides is 1. The number of amides is 1. The second-order valence-electron chi connectivity index (χ2n) is 4.26. The molecule has 0 spiro atoms. The molecule has 1 aliphatic rings. The van der Waals surface area contributed by atoms with Crippen LogP contribution in [0, 0.1) is 0 Å². The molecule has 0 saturated carbocycles. The standard InChI is InChI=1S/C12H9ClN2O3S2/c13-10-3-4-12(19-10)20(17,18)15-8-1-2-9-7(5-8)6-11(16)14-9/h1-5,15H,6H2,(H,14,16). The monoisotopic (exact) mass is 328 g/mol. The molecule has 5 nitrogen and oxygen atoms in total. The first-order chi connectivity index (χ1) is 9.44. The predicted molar refractivity (Wildman–Crippen MR) is 78.9 cm³/mol. The Balaban J connectivity index is 1.89. The first-order valence-corrected chi connectivity index (χ1v) is 8.33. The van der Waals surface area contributed by atoms with Crippen LogP contribution in [-0.4, -0.2) is 14.3 Å². The van der Waals surface area contributed by atoms with Crippen LogP contribution in [-0.2, 0) is 21.2 Å². The van der Waals surface area contributed by atoms with Crippen LogP contribution in [0.25, 0.3) is 0 Å². The first-order valence-electron chi connectivity index (χ1n) is 5.65. The number of carbonyl (C=O) groups is 1. The second kappa shape index (κ2) is 4.76. The Morgan fingerprint density at radius 1 is 1.25 bits per heavy atom. The van der Waals surface area contributed by atoms with Crippen molar-refractivity contribution in [2.75, 3.05) is 10.0 Å². The zero-order chi connectivity index (χ0) is 14.3. The number of fused-ring (bicyclic) bond motifs is 1. The molecule has 0 fully saturated rings. The number of carbonyl (C=O) groups excluding carboxylic acids is 1. The van der Waals surface area contributed by atoms with Gasteiger partial charge in [-0.15, -0.1) is 11.3 Å². The molecule has 1 aliphatic heterocycles. The summed E-state index contributed by atoms with van der Waals surface area (Å²) in [4.78, 5) is 11.3. The highest BCUT2D eigenvalue weighted by Crippen LogP contribution is 2.30. The quantitative estimate of drug-likeness (QED) is 0.909. The number of rotatable bonds is 3. The molecular formula is C12H9ClN2O3S2. The van der Waals surface area contributed by atoms with Gasteiger partial charge in [-0.05, 0) is 35.9 Å². The van der Waals surface area contributed by atoms with Crippen LogP contribution in [0.3, 0.4) is 0 Å². The van der Waals surface area contributed by atoms with Gasteiger partial charge in [0.15, 0.2) is 0 Å². The van der Waals surface area contributed by atoms with E-state index in [-0.39, 0.29) is 16.5 Å². The highest BCUT2D eigenvalue weighted by atomic mass is 35.5. The summed E-state index contributed by atoms with van der Waals surface area (Å²) < 4.78 is 27.3. The van der Waals surface area contributed by atoms with Gasteiger partial charge in [0.1, 0.15) is 4.21 Å². The molecular weight excluding hydrogens is 320 g/mol. The summed E-state index contributed by atoms with van der Waals surface area (Å²) in [6.45, 7) is 0. The van der Waals surface area contributed by atoms with Gasteiger partial charge in [-0.2, -0.15) is 0 Å². The molecule has 1 amide bonds. The van der Waals surface area contributed by atoms with Crippen LogP contribution in [0.1, 0.15) is 5.56 Å². The van der Waals surface area contributed by atoms with Crippen LogP contribution < -0.4 is 10.0 Å². The van der Waals surface area contributed by atoms with Crippen molar-refractivity contribution in [3.8, 4) is 0 Å². The van der Waals surface area contributed by atoms with Crippen LogP contribution in [0.5, 0.6) is 0 Å². The molecule has 104 valence electrons. The summed E-state index contributed by atoms with van der Waals surface area (Å²) in [5.74, 6) is -0.0926. The molecule has 0 unspecified atom stereocenters. The second-order valence-corrected chi connectivity index (χ2v) is 7.89. The molecule has 2 N–H and O–H groups in total. The number of nitrogens with one attached hydrogen (secondary N) is 2. The SMILES string of the molecule is O=C1Cc2cc(NS(=O)(=O)c3ccc(Cl)s3)ccc2N1. The Bertz CT molecular complexity index is 799. The Morgan fingerprint density at radius 2 is 2.05 bits per heavy atom. The van der Waals surface area contributed by atoms with Crippen molar-refractivity contribution in [1.29, 1.82) is 0 Å². The molecule has 0 radical (unpaired) electrons. The van der Waals surface area contributed by atoms with E-state index in [4.69, 9.17) is 11.6 Å². The van der Waals surface area contributed by atoms with Gasteiger partial charge in [0.2, 0.25) is 5.91 Å². The van der Waals surface area contributed by atoms with Gasteiger partial charge in [-0.3, -0.25) is 9.52 Å². The minimum Gasteiger partial charge on any atom is -0.326 e. The van der Waals surface area contributed by atoms with Crippen LogP contribution in [0.2, 0.25) is 4.34 Å². The Kier molecular flexibility index (Phi) is 3.19. The van der Waals surface area contributed by atoms with E-state index in [1.807, 2.05) is 0 Å². The largest absolute Gasteiger partial charge is 0.326 e. The summed E-state index contributed by atoms with van der Waals surface area (Å²) >= 11 is 6.73. The average molecular weight is 329 g/mol. The lowest BCUT2D eigenvalue weighted by Crippen LogP contribution is -2.11. The molecule has 2 aromatic rings. The van der Waals surface area contributed by atoms with Gasteiger partial charge in [-0.25, -0.2) is 8.42 Å². The molecule has 8 heteroatoms. The van der Waals surface area contributed by atoms with E-state index in [1.54, 1.807) is 18.2 Å². The Hall–Kier alpha value is -1.57. The van der Waals surface area contributed by atoms with Crippen LogP contribution in [0.4, 0.5) is 11.4 Å². The van der Waals surface area contributed by atoms with Crippen LogP contribution in [0.15, 0.2) is 34.5 Å². The summed E-state index contributed by atoms with van der Waals surface area (Å²) in [5, 5.41) is 2.69. The fourth-order valence-electron chi connectivity index (χ4n) is 1.94. The zero-order valence-corrected chi connectivity index (χ0v) is 12.4. The third kappa shape index (κ3) is 2.52. The maximum atomic E-state index is 12.1. The number of thiophene rings is 1. The number of halogens is 1. The molecule has 2 heterocycles. The smallest absolute Gasteiger partial charge is 0.271 e. The van der Waals surface area contributed by atoms with E-state index >= 15 is 0 Å². The number of anilines is 2. The molecule has 20 heavy (non-hydrogen) atoms. The van der Waals surface area contributed by atoms with E-state index in [2.05, 4.69) is 10.0 Å². The molecule has 1 aromatic carbocycles. The van der Waals surface area contributed by atoms with Crippen molar-refractivity contribution >= 4 is 50.2 Å². The fraction of sp³-hybridized carbons (Fsp3) is 0.0833. The van der Waals surface area contributed by atoms with Gasteiger partial charge < -0.3 is 5.32 Å². The van der Waals surface area contributed by atoms with Gasteiger partial charge >= 0.3 is 0 Å². The van der Waals surface area contributed by atoms with E-state index in [0.29, 0.717) is 10.0 Å². The minimum atomic E-state index is -3.64. The summed E-state index contributed by atoms with van der Waals surface area (Å²) in [5.41, 5.74) is 1.92. The van der Waals surface area contributed by atoms with Gasteiger partial charge in [0.05, 0.1) is 10.8 Å². The summed E-state index contributed by atoms with van der Waals surface area (Å²) in [6, 6.07) is 7.93. The van der Waals surface area contributed by atoms with Crippen molar-refractivity contribution in [1.82, 2.24) is 0 Å². The van der Waals surface area contributed by atoms with E-state index < -0.39 is 10.0 Å². The molecule has 0 atom stereocenters. The maximum absolute atomic E-state index is 12.1. The number of hydrogen-bond acceptors (Lipinski definition) is 4. The summed E-state index contributed by atoms with van der Waals surface area (Å²) in [7, 11) is -3.64. The average Bonchev–Trinajstić information content (AvgIpc) is 2.93. The lowest BCUT2D eigenvalue weighted by atomic mass is 10.1. The van der Waals surface area contributed by atoms with Gasteiger partial charge in [0, 0.05) is 11.4 Å². The Morgan fingerprint density at radius 3 is 2.75 bits per heavy atom. The third-order valence-electron chi connectivity index (χ3n) is 2.80. The van der Waals surface area contributed by atoms with Crippen molar-refractivity contribution in [2.45, 2.75) is 10.6 Å². The van der Waals surface area contributed by atoms with Crippen molar-refractivity contribution in [2.24, 2.45) is 0 Å². The molecule has 0 aliphatic carbocycles. The zero-order valence-electron chi connectivity index (χ0n) is 10.0. The number of benzene rings is 1. The highest BCUT2D eigenvalue weighted by molar-refractivity contribution is 7.94. The van der Waals surface area contributed by atoms with Crippen molar-refractivity contribution in [3.63, 3.8) is 0 Å². The van der Waals surface area contributed by atoms with Crippen LogP contribution >= 0.6 is 22.9 Å². The summed E-state index contributed by atoms with van der Waals surface area (Å²) in [6.07, 6.45) is 0.260. The maximum Gasteiger partial charge on any atom is 0.271 e. The fourth-order valence-corrected chi connectivity index (χ4v) is 4.47. The predicted octanol–water partition coefficient (Wildman–Crippen LogP) is 2.70.